The maximum absolute atomic E-state index is 11.5. The van der Waals surface area contributed by atoms with Crippen LogP contribution in [-0.2, 0) is 14.3 Å². The van der Waals surface area contributed by atoms with Crippen LogP contribution in [-0.4, -0.2) is 64.5 Å². The van der Waals surface area contributed by atoms with Crippen molar-refractivity contribution in [3.63, 3.8) is 0 Å². The van der Waals surface area contributed by atoms with Crippen molar-refractivity contribution in [1.29, 1.82) is 0 Å². The third-order valence-electron chi connectivity index (χ3n) is 3.45. The Morgan fingerprint density at radius 1 is 1.33 bits per heavy atom. The Balaban J connectivity index is 0.00000529. The molecule has 1 atom stereocenters. The van der Waals surface area contributed by atoms with Crippen LogP contribution in [0.15, 0.2) is 4.99 Å². The molecular weight excluding hydrogens is 423 g/mol. The van der Waals surface area contributed by atoms with Gasteiger partial charge >= 0.3 is 0 Å². The number of nitrogens with zero attached hydrogens (tertiary/aromatic N) is 1. The molecule has 0 aliphatic carbocycles. The van der Waals surface area contributed by atoms with Crippen molar-refractivity contribution in [2.24, 2.45) is 10.9 Å². The van der Waals surface area contributed by atoms with Gasteiger partial charge in [-0.3, -0.25) is 9.79 Å². The van der Waals surface area contributed by atoms with Crippen LogP contribution in [0.1, 0.15) is 33.1 Å². The lowest BCUT2D eigenvalue weighted by atomic mass is 10.1. The smallest absolute Gasteiger partial charge is 0.221 e. The number of amides is 1. The summed E-state index contributed by atoms with van der Waals surface area (Å²) < 4.78 is 11.0. The molecule has 0 saturated carbocycles. The lowest BCUT2D eigenvalue weighted by molar-refractivity contribution is -0.121. The molecule has 8 heteroatoms. The highest BCUT2D eigenvalue weighted by Gasteiger charge is 2.15. The van der Waals surface area contributed by atoms with E-state index in [2.05, 4.69) is 20.9 Å². The average Bonchev–Trinajstić information content (AvgIpc) is 3.01. The van der Waals surface area contributed by atoms with Crippen LogP contribution >= 0.6 is 24.0 Å². The third-order valence-corrected chi connectivity index (χ3v) is 3.45. The van der Waals surface area contributed by atoms with E-state index in [4.69, 9.17) is 9.47 Å². The molecule has 0 bridgehead atoms. The number of hydrogen-bond acceptors (Lipinski definition) is 4. The van der Waals surface area contributed by atoms with E-state index in [1.165, 1.54) is 0 Å². The summed E-state index contributed by atoms with van der Waals surface area (Å²) in [5, 5.41) is 9.20. The molecule has 1 amide bonds. The van der Waals surface area contributed by atoms with Crippen molar-refractivity contribution in [1.82, 2.24) is 16.0 Å². The predicted molar refractivity (Wildman–Crippen MR) is 107 cm³/mol. The summed E-state index contributed by atoms with van der Waals surface area (Å²) in [6, 6.07) is 0.177. The van der Waals surface area contributed by atoms with Crippen molar-refractivity contribution in [3.05, 3.63) is 0 Å². The molecular formula is C16H33IN4O3. The van der Waals surface area contributed by atoms with E-state index in [0.717, 1.165) is 45.8 Å². The van der Waals surface area contributed by atoms with Crippen molar-refractivity contribution in [2.75, 3.05) is 46.6 Å². The number of ether oxygens (including phenoxy) is 2. The van der Waals surface area contributed by atoms with Crippen LogP contribution in [0.3, 0.4) is 0 Å². The molecule has 0 aromatic rings. The van der Waals surface area contributed by atoms with E-state index in [0.29, 0.717) is 24.8 Å². The van der Waals surface area contributed by atoms with E-state index in [1.807, 2.05) is 13.8 Å². The van der Waals surface area contributed by atoms with E-state index in [1.54, 1.807) is 7.05 Å². The summed E-state index contributed by atoms with van der Waals surface area (Å²) in [5.74, 6) is 1.33. The van der Waals surface area contributed by atoms with Gasteiger partial charge in [-0.25, -0.2) is 0 Å². The Morgan fingerprint density at radius 3 is 2.71 bits per heavy atom. The number of guanidine groups is 1. The number of aliphatic imine (C=N–C) groups is 1. The normalized spacial score (nSPS) is 17.5. The maximum atomic E-state index is 11.5. The fourth-order valence-electron chi connectivity index (χ4n) is 2.25. The Bertz CT molecular complexity index is 361. The van der Waals surface area contributed by atoms with E-state index in [-0.39, 0.29) is 35.9 Å². The highest BCUT2D eigenvalue weighted by Crippen LogP contribution is 2.12. The average molecular weight is 456 g/mol. The third kappa shape index (κ3) is 11.9. The topological polar surface area (TPSA) is 84.0 Å². The van der Waals surface area contributed by atoms with Gasteiger partial charge in [0.05, 0.1) is 13.2 Å². The standard InChI is InChI=1S/C16H32N4O3.HI/c1-13(2)20-15(21)5-8-19-16(17-3)18-7-4-9-22-11-14-6-10-23-12-14;/h13-14H,4-12H2,1-3H3,(H,20,21)(H2,17,18,19);1H. The van der Waals surface area contributed by atoms with Gasteiger partial charge in [0.1, 0.15) is 0 Å². The molecule has 1 aliphatic rings. The first kappa shape index (κ1) is 23.4. The first-order valence-corrected chi connectivity index (χ1v) is 8.51. The zero-order valence-corrected chi connectivity index (χ0v) is 17.4. The van der Waals surface area contributed by atoms with Gasteiger partial charge < -0.3 is 25.4 Å². The highest BCUT2D eigenvalue weighted by molar-refractivity contribution is 14.0. The van der Waals surface area contributed by atoms with Gasteiger partial charge in [-0.05, 0) is 26.7 Å². The molecule has 3 N–H and O–H groups in total. The van der Waals surface area contributed by atoms with Gasteiger partial charge in [-0.2, -0.15) is 0 Å². The number of nitrogens with one attached hydrogen (secondary N) is 3. The summed E-state index contributed by atoms with van der Waals surface area (Å²) in [4.78, 5) is 15.7. The summed E-state index contributed by atoms with van der Waals surface area (Å²) >= 11 is 0. The number of carbonyl (C=O) groups is 1. The van der Waals surface area contributed by atoms with Crippen LogP contribution in [0.2, 0.25) is 0 Å². The number of rotatable bonds is 10. The van der Waals surface area contributed by atoms with Gasteiger partial charge in [0.25, 0.3) is 0 Å². The molecule has 1 fully saturated rings. The first-order valence-electron chi connectivity index (χ1n) is 8.51. The first-order chi connectivity index (χ1) is 11.1. The number of halogens is 1. The molecule has 1 aliphatic heterocycles. The van der Waals surface area contributed by atoms with Gasteiger partial charge in [0, 0.05) is 51.7 Å². The number of hydrogen-bond donors (Lipinski definition) is 3. The lowest BCUT2D eigenvalue weighted by Crippen LogP contribution is -2.40. The van der Waals surface area contributed by atoms with Gasteiger partial charge in [0.15, 0.2) is 5.96 Å². The fourth-order valence-corrected chi connectivity index (χ4v) is 2.25. The van der Waals surface area contributed by atoms with Crippen LogP contribution < -0.4 is 16.0 Å². The molecule has 0 aromatic carbocycles. The summed E-state index contributed by atoms with van der Waals surface area (Å²) in [5.41, 5.74) is 0. The van der Waals surface area contributed by atoms with Gasteiger partial charge in [-0.15, -0.1) is 24.0 Å². The molecule has 24 heavy (non-hydrogen) atoms. The minimum Gasteiger partial charge on any atom is -0.381 e. The van der Waals surface area contributed by atoms with Crippen LogP contribution in [0.4, 0.5) is 0 Å². The molecule has 7 nitrogen and oxygen atoms in total. The molecule has 0 spiro atoms. The van der Waals surface area contributed by atoms with Crippen molar-refractivity contribution < 1.29 is 14.3 Å². The SMILES string of the molecule is CN=C(NCCCOCC1CCOC1)NCCC(=O)NC(C)C.I. The predicted octanol–water partition coefficient (Wildman–Crippen LogP) is 1.13. The molecule has 1 unspecified atom stereocenters. The largest absolute Gasteiger partial charge is 0.381 e. The van der Waals surface area contributed by atoms with Crippen LogP contribution in [0.5, 0.6) is 0 Å². The Labute approximate surface area is 162 Å². The van der Waals surface area contributed by atoms with Crippen molar-refractivity contribution in [3.8, 4) is 0 Å². The highest BCUT2D eigenvalue weighted by atomic mass is 127. The van der Waals surface area contributed by atoms with Crippen LogP contribution in [0.25, 0.3) is 0 Å². The van der Waals surface area contributed by atoms with Crippen molar-refractivity contribution in [2.45, 2.75) is 39.2 Å². The van der Waals surface area contributed by atoms with E-state index >= 15 is 0 Å². The van der Waals surface area contributed by atoms with E-state index in [9.17, 15) is 4.79 Å². The molecule has 1 saturated heterocycles. The summed E-state index contributed by atoms with van der Waals surface area (Å²) in [6.45, 7) is 8.48. The van der Waals surface area contributed by atoms with Crippen LogP contribution in [0, 0.1) is 5.92 Å². The minimum absolute atomic E-state index is 0. The number of carbonyl (C=O) groups excluding carboxylic acids is 1. The molecule has 142 valence electrons. The quantitative estimate of drug-likeness (QED) is 0.199. The summed E-state index contributed by atoms with van der Waals surface area (Å²) in [6.07, 6.45) is 2.47. The van der Waals surface area contributed by atoms with Crippen molar-refractivity contribution >= 4 is 35.8 Å². The monoisotopic (exact) mass is 456 g/mol. The maximum Gasteiger partial charge on any atom is 0.221 e. The lowest BCUT2D eigenvalue weighted by Gasteiger charge is -2.13. The van der Waals surface area contributed by atoms with Gasteiger partial charge in [0.2, 0.25) is 5.91 Å². The Hall–Kier alpha value is -0.610. The molecule has 1 heterocycles. The Kier molecular flexibility index (Phi) is 14.3. The second-order valence-corrected chi connectivity index (χ2v) is 6.06. The zero-order chi connectivity index (χ0) is 16.9. The molecule has 1 rings (SSSR count). The molecule has 0 aromatic heterocycles. The van der Waals surface area contributed by atoms with Gasteiger partial charge in [-0.1, -0.05) is 0 Å². The minimum atomic E-state index is 0. The Morgan fingerprint density at radius 2 is 2.08 bits per heavy atom. The zero-order valence-electron chi connectivity index (χ0n) is 15.1. The second-order valence-electron chi connectivity index (χ2n) is 6.06. The van der Waals surface area contributed by atoms with E-state index < -0.39 is 0 Å². The molecule has 0 radical (unpaired) electrons. The fraction of sp³-hybridized carbons (Fsp3) is 0.875. The second kappa shape index (κ2) is 14.7. The summed E-state index contributed by atoms with van der Waals surface area (Å²) in [7, 11) is 1.72.